The van der Waals surface area contributed by atoms with E-state index in [9.17, 15) is 14.4 Å². The highest BCUT2D eigenvalue weighted by molar-refractivity contribution is 8.01. The van der Waals surface area contributed by atoms with Gasteiger partial charge in [0.05, 0.1) is 18.4 Å². The van der Waals surface area contributed by atoms with Crippen molar-refractivity contribution in [2.24, 2.45) is 0 Å². The largest absolute Gasteiger partial charge is 0.465 e. The third-order valence-electron chi connectivity index (χ3n) is 2.69. The SMILES string of the molecule is COC(=O)c1ccc(NC(=O)COC(=O)CSc2nnc(N)s2)cc1. The number of nitrogen functional groups attached to an aromatic ring is 1. The minimum atomic E-state index is -0.560. The summed E-state index contributed by atoms with van der Waals surface area (Å²) in [6.07, 6.45) is 0. The molecule has 0 atom stereocenters. The van der Waals surface area contributed by atoms with Gasteiger partial charge in [-0.25, -0.2) is 4.79 Å². The average molecular weight is 382 g/mol. The van der Waals surface area contributed by atoms with Crippen LogP contribution in [0.3, 0.4) is 0 Å². The lowest BCUT2D eigenvalue weighted by atomic mass is 10.2. The van der Waals surface area contributed by atoms with Gasteiger partial charge in [-0.1, -0.05) is 23.1 Å². The summed E-state index contributed by atoms with van der Waals surface area (Å²) in [5, 5.41) is 10.2. The Morgan fingerprint density at radius 2 is 1.96 bits per heavy atom. The lowest BCUT2D eigenvalue weighted by Crippen LogP contribution is -2.21. The highest BCUT2D eigenvalue weighted by Gasteiger charge is 2.11. The van der Waals surface area contributed by atoms with Gasteiger partial charge in [0.1, 0.15) is 0 Å². The fraction of sp³-hybridized carbons (Fsp3) is 0.214. The third kappa shape index (κ3) is 6.04. The molecule has 0 unspecified atom stereocenters. The molecule has 0 spiro atoms. The van der Waals surface area contributed by atoms with Crippen LogP contribution < -0.4 is 11.1 Å². The van der Waals surface area contributed by atoms with Gasteiger partial charge in [-0.15, -0.1) is 10.2 Å². The number of ether oxygens (including phenoxy) is 2. The molecule has 0 aliphatic carbocycles. The van der Waals surface area contributed by atoms with Crippen molar-refractivity contribution in [3.63, 3.8) is 0 Å². The van der Waals surface area contributed by atoms with Gasteiger partial charge in [-0.05, 0) is 24.3 Å². The van der Waals surface area contributed by atoms with E-state index in [0.717, 1.165) is 23.1 Å². The predicted molar refractivity (Wildman–Crippen MR) is 92.4 cm³/mol. The summed E-state index contributed by atoms with van der Waals surface area (Å²) in [5.41, 5.74) is 6.25. The molecule has 0 bridgehead atoms. The van der Waals surface area contributed by atoms with Crippen LogP contribution in [-0.4, -0.2) is 47.5 Å². The molecule has 0 radical (unpaired) electrons. The molecule has 1 heterocycles. The van der Waals surface area contributed by atoms with Crippen molar-refractivity contribution in [1.29, 1.82) is 0 Å². The minimum Gasteiger partial charge on any atom is -0.465 e. The Bertz CT molecular complexity index is 763. The number of hydrogen-bond acceptors (Lipinski definition) is 10. The molecule has 132 valence electrons. The summed E-state index contributed by atoms with van der Waals surface area (Å²) in [6, 6.07) is 6.11. The van der Waals surface area contributed by atoms with Crippen molar-refractivity contribution >= 4 is 51.8 Å². The van der Waals surface area contributed by atoms with Gasteiger partial charge in [0, 0.05) is 5.69 Å². The molecule has 1 aromatic heterocycles. The van der Waals surface area contributed by atoms with Crippen molar-refractivity contribution in [1.82, 2.24) is 10.2 Å². The Morgan fingerprint density at radius 1 is 1.24 bits per heavy atom. The summed E-state index contributed by atoms with van der Waals surface area (Å²) in [7, 11) is 1.28. The van der Waals surface area contributed by atoms with Crippen molar-refractivity contribution in [2.75, 3.05) is 30.5 Å². The first kappa shape index (κ1) is 18.7. The van der Waals surface area contributed by atoms with Gasteiger partial charge in [-0.2, -0.15) is 0 Å². The number of aromatic nitrogens is 2. The molecule has 0 saturated heterocycles. The fourth-order valence-corrected chi connectivity index (χ4v) is 3.03. The molecule has 1 amide bonds. The maximum atomic E-state index is 11.7. The highest BCUT2D eigenvalue weighted by atomic mass is 32.2. The van der Waals surface area contributed by atoms with E-state index in [-0.39, 0.29) is 5.75 Å². The topological polar surface area (TPSA) is 134 Å². The number of benzene rings is 1. The second-order valence-electron chi connectivity index (χ2n) is 4.47. The fourth-order valence-electron chi connectivity index (χ4n) is 1.59. The molecular formula is C14H14N4O5S2. The molecule has 1 aromatic carbocycles. The molecule has 0 saturated carbocycles. The van der Waals surface area contributed by atoms with Crippen LogP contribution in [0.5, 0.6) is 0 Å². The number of methoxy groups -OCH3 is 1. The first-order chi connectivity index (χ1) is 12.0. The Morgan fingerprint density at radius 3 is 2.56 bits per heavy atom. The van der Waals surface area contributed by atoms with E-state index in [2.05, 4.69) is 20.3 Å². The van der Waals surface area contributed by atoms with E-state index in [1.807, 2.05) is 0 Å². The Kier molecular flexibility index (Phi) is 6.71. The molecular weight excluding hydrogens is 368 g/mol. The summed E-state index contributed by atoms with van der Waals surface area (Å²) >= 11 is 2.29. The number of esters is 2. The zero-order valence-corrected chi connectivity index (χ0v) is 14.7. The van der Waals surface area contributed by atoms with Gasteiger partial charge in [0.2, 0.25) is 5.13 Å². The minimum absolute atomic E-state index is 0.00423. The van der Waals surface area contributed by atoms with Crippen LogP contribution >= 0.6 is 23.1 Å². The number of hydrogen-bond donors (Lipinski definition) is 2. The van der Waals surface area contributed by atoms with E-state index in [1.54, 1.807) is 12.1 Å². The van der Waals surface area contributed by atoms with Gasteiger partial charge in [-0.3, -0.25) is 9.59 Å². The molecule has 3 N–H and O–H groups in total. The lowest BCUT2D eigenvalue weighted by molar-refractivity contribution is -0.144. The smallest absolute Gasteiger partial charge is 0.337 e. The van der Waals surface area contributed by atoms with Crippen molar-refractivity contribution in [3.05, 3.63) is 29.8 Å². The van der Waals surface area contributed by atoms with E-state index >= 15 is 0 Å². The second kappa shape index (κ2) is 8.99. The van der Waals surface area contributed by atoms with Crippen molar-refractivity contribution < 1.29 is 23.9 Å². The van der Waals surface area contributed by atoms with Gasteiger partial charge >= 0.3 is 11.9 Å². The summed E-state index contributed by atoms with van der Waals surface area (Å²) in [4.78, 5) is 34.6. The average Bonchev–Trinajstić information content (AvgIpc) is 3.03. The van der Waals surface area contributed by atoms with E-state index in [0.29, 0.717) is 20.7 Å². The molecule has 2 aromatic rings. The monoisotopic (exact) mass is 382 g/mol. The third-order valence-corrected chi connectivity index (χ3v) is 4.55. The van der Waals surface area contributed by atoms with E-state index < -0.39 is 24.5 Å². The van der Waals surface area contributed by atoms with Crippen LogP contribution in [0, 0.1) is 0 Å². The molecule has 11 heteroatoms. The number of anilines is 2. The number of carbonyl (C=O) groups is 3. The molecule has 9 nitrogen and oxygen atoms in total. The number of rotatable bonds is 7. The summed E-state index contributed by atoms with van der Waals surface area (Å²) < 4.78 is 9.99. The lowest BCUT2D eigenvalue weighted by Gasteiger charge is -2.07. The number of thioether (sulfide) groups is 1. The van der Waals surface area contributed by atoms with Crippen LogP contribution in [0.1, 0.15) is 10.4 Å². The van der Waals surface area contributed by atoms with Crippen LogP contribution in [0.2, 0.25) is 0 Å². The number of amides is 1. The highest BCUT2D eigenvalue weighted by Crippen LogP contribution is 2.23. The zero-order valence-electron chi connectivity index (χ0n) is 13.1. The van der Waals surface area contributed by atoms with Crippen molar-refractivity contribution in [3.8, 4) is 0 Å². The van der Waals surface area contributed by atoms with Gasteiger partial charge < -0.3 is 20.5 Å². The van der Waals surface area contributed by atoms with Gasteiger partial charge in [0.25, 0.3) is 5.91 Å². The summed E-state index contributed by atoms with van der Waals surface area (Å²) in [6.45, 7) is -0.420. The Hall–Kier alpha value is -2.66. The van der Waals surface area contributed by atoms with Crippen LogP contribution in [0.4, 0.5) is 10.8 Å². The standard InChI is InChI=1S/C14H14N4O5S2/c1-22-12(21)8-2-4-9(5-3-8)16-10(19)6-23-11(20)7-24-14-18-17-13(15)25-14/h2-5H,6-7H2,1H3,(H2,15,17)(H,16,19). The van der Waals surface area contributed by atoms with Crippen molar-refractivity contribution in [2.45, 2.75) is 4.34 Å². The zero-order chi connectivity index (χ0) is 18.2. The quantitative estimate of drug-likeness (QED) is 0.535. The predicted octanol–water partition coefficient (Wildman–Crippen LogP) is 1.18. The molecule has 2 rings (SSSR count). The van der Waals surface area contributed by atoms with Crippen LogP contribution in [0.25, 0.3) is 0 Å². The normalized spacial score (nSPS) is 10.1. The maximum Gasteiger partial charge on any atom is 0.337 e. The first-order valence-electron chi connectivity index (χ1n) is 6.83. The van der Waals surface area contributed by atoms with Crippen LogP contribution in [0.15, 0.2) is 28.6 Å². The number of carbonyl (C=O) groups excluding carboxylic acids is 3. The molecule has 0 fully saturated rings. The maximum absolute atomic E-state index is 11.7. The first-order valence-corrected chi connectivity index (χ1v) is 8.64. The Balaban J connectivity index is 1.72. The van der Waals surface area contributed by atoms with Gasteiger partial charge in [0.15, 0.2) is 10.9 Å². The van der Waals surface area contributed by atoms with Crippen LogP contribution in [-0.2, 0) is 19.1 Å². The Labute approximate surface area is 150 Å². The number of nitrogens with zero attached hydrogens (tertiary/aromatic N) is 2. The molecule has 0 aliphatic heterocycles. The summed E-state index contributed by atoms with van der Waals surface area (Å²) in [5.74, 6) is -1.53. The number of nitrogens with one attached hydrogen (secondary N) is 1. The second-order valence-corrected chi connectivity index (χ2v) is 6.70. The van der Waals surface area contributed by atoms with E-state index in [1.165, 1.54) is 19.2 Å². The molecule has 0 aliphatic rings. The molecule has 25 heavy (non-hydrogen) atoms. The number of nitrogens with two attached hydrogens (primary N) is 1. The van der Waals surface area contributed by atoms with E-state index in [4.69, 9.17) is 10.5 Å².